The number of aromatic nitrogens is 1. The van der Waals surface area contributed by atoms with Crippen molar-refractivity contribution in [2.24, 2.45) is 5.73 Å². The second-order valence-corrected chi connectivity index (χ2v) is 6.94. The van der Waals surface area contributed by atoms with E-state index in [1.165, 1.54) is 27.0 Å². The minimum absolute atomic E-state index is 0.0465. The topological polar surface area (TPSA) is 59.2 Å². The van der Waals surface area contributed by atoms with E-state index < -0.39 is 0 Å². The lowest BCUT2D eigenvalue weighted by atomic mass is 10.1. The molecule has 2 heterocycles. The Morgan fingerprint density at radius 1 is 1.27 bits per heavy atom. The molecule has 3 rings (SSSR count). The molecule has 0 aliphatic heterocycles. The highest BCUT2D eigenvalue weighted by molar-refractivity contribution is 7.17. The van der Waals surface area contributed by atoms with Crippen LogP contribution < -0.4 is 5.73 Å². The fraction of sp³-hybridized carbons (Fsp3) is 0.250. The second kappa shape index (κ2) is 6.56. The Kier molecular flexibility index (Phi) is 4.52. The molecule has 1 amide bonds. The van der Waals surface area contributed by atoms with Gasteiger partial charge < -0.3 is 10.6 Å². The third-order valence-electron chi connectivity index (χ3n) is 3.44. The zero-order valence-electron chi connectivity index (χ0n) is 12.3. The van der Waals surface area contributed by atoms with E-state index in [4.69, 9.17) is 5.73 Å². The Hall–Kier alpha value is -1.76. The smallest absolute Gasteiger partial charge is 0.273 e. The van der Waals surface area contributed by atoms with Crippen LogP contribution in [0.5, 0.6) is 0 Å². The predicted molar refractivity (Wildman–Crippen MR) is 92.5 cm³/mol. The average Bonchev–Trinajstić information content (AvgIpc) is 3.15. The van der Waals surface area contributed by atoms with E-state index in [0.29, 0.717) is 18.8 Å². The number of hydrogen-bond acceptors (Lipinski definition) is 5. The highest BCUT2D eigenvalue weighted by Gasteiger charge is 2.17. The third-order valence-corrected chi connectivity index (χ3v) is 5.37. The van der Waals surface area contributed by atoms with E-state index in [0.717, 1.165) is 11.4 Å². The van der Waals surface area contributed by atoms with Gasteiger partial charge in [0, 0.05) is 30.1 Å². The zero-order chi connectivity index (χ0) is 15.5. The lowest BCUT2D eigenvalue weighted by Crippen LogP contribution is -2.26. The van der Waals surface area contributed by atoms with E-state index in [9.17, 15) is 4.79 Å². The van der Waals surface area contributed by atoms with E-state index >= 15 is 0 Å². The number of thiophene rings is 1. The summed E-state index contributed by atoms with van der Waals surface area (Å²) in [7, 11) is 1.82. The Morgan fingerprint density at radius 3 is 2.91 bits per heavy atom. The van der Waals surface area contributed by atoms with Crippen molar-refractivity contribution in [1.29, 1.82) is 0 Å². The Morgan fingerprint density at radius 2 is 2.09 bits per heavy atom. The molecule has 6 heteroatoms. The maximum atomic E-state index is 12.5. The highest BCUT2D eigenvalue weighted by atomic mass is 32.1. The van der Waals surface area contributed by atoms with Crippen LogP contribution in [0, 0.1) is 0 Å². The Balaban J connectivity index is 1.75. The maximum absolute atomic E-state index is 12.5. The van der Waals surface area contributed by atoms with Crippen LogP contribution in [0.15, 0.2) is 35.0 Å². The molecule has 0 bridgehead atoms. The first-order valence-corrected chi connectivity index (χ1v) is 8.80. The van der Waals surface area contributed by atoms with Crippen LogP contribution >= 0.6 is 22.7 Å². The van der Waals surface area contributed by atoms with Gasteiger partial charge >= 0.3 is 0 Å². The minimum Gasteiger partial charge on any atom is -0.336 e. The molecule has 2 aromatic heterocycles. The van der Waals surface area contributed by atoms with Crippen molar-refractivity contribution in [3.63, 3.8) is 0 Å². The van der Waals surface area contributed by atoms with Crippen molar-refractivity contribution in [2.75, 3.05) is 13.6 Å². The van der Waals surface area contributed by atoms with Crippen LogP contribution in [0.2, 0.25) is 0 Å². The van der Waals surface area contributed by atoms with Crippen molar-refractivity contribution >= 4 is 38.7 Å². The molecular weight excluding hydrogens is 314 g/mol. The van der Waals surface area contributed by atoms with Crippen LogP contribution in [-0.2, 0) is 13.0 Å². The number of carbonyl (C=O) groups excluding carboxylic acids is 1. The first-order chi connectivity index (χ1) is 10.7. The summed E-state index contributed by atoms with van der Waals surface area (Å²) in [5, 5.41) is 6.07. The fourth-order valence-corrected chi connectivity index (χ4v) is 4.07. The van der Waals surface area contributed by atoms with Gasteiger partial charge in [0.15, 0.2) is 0 Å². The molecule has 0 radical (unpaired) electrons. The van der Waals surface area contributed by atoms with Gasteiger partial charge in [0.05, 0.1) is 5.01 Å². The van der Waals surface area contributed by atoms with Gasteiger partial charge in [-0.2, -0.15) is 0 Å². The number of rotatable bonds is 5. The number of amides is 1. The lowest BCUT2D eigenvalue weighted by Gasteiger charge is -2.15. The summed E-state index contributed by atoms with van der Waals surface area (Å²) in [6.45, 7) is 1.14. The molecule has 0 fully saturated rings. The molecule has 0 aliphatic carbocycles. The van der Waals surface area contributed by atoms with Crippen LogP contribution in [0.1, 0.15) is 21.1 Å². The molecule has 0 atom stereocenters. The summed E-state index contributed by atoms with van der Waals surface area (Å²) in [5.74, 6) is -0.0465. The van der Waals surface area contributed by atoms with Crippen molar-refractivity contribution in [3.8, 4) is 0 Å². The number of nitrogens with two attached hydrogens (primary N) is 1. The summed E-state index contributed by atoms with van der Waals surface area (Å²) in [6, 6.07) is 8.26. The van der Waals surface area contributed by atoms with Gasteiger partial charge in [-0.15, -0.1) is 22.7 Å². The number of hydrogen-bond donors (Lipinski definition) is 1. The number of nitrogens with zero attached hydrogens (tertiary/aromatic N) is 2. The fourth-order valence-electron chi connectivity index (χ4n) is 2.33. The molecule has 3 aromatic rings. The molecule has 1 aromatic carbocycles. The summed E-state index contributed by atoms with van der Waals surface area (Å²) in [6.07, 6.45) is 0.719. The highest BCUT2D eigenvalue weighted by Crippen LogP contribution is 2.26. The molecule has 0 saturated carbocycles. The Labute approximate surface area is 137 Å². The number of carbonyl (C=O) groups is 1. The standard InChI is InChI=1S/C16H17N3OS2/c1-19(16(20)13-10-22-15(18-13)6-7-17)8-11-9-21-14-5-3-2-4-12(11)14/h2-5,9-10H,6-8,17H2,1H3. The maximum Gasteiger partial charge on any atom is 0.273 e. The normalized spacial score (nSPS) is 11.0. The minimum atomic E-state index is -0.0465. The summed E-state index contributed by atoms with van der Waals surface area (Å²) < 4.78 is 1.25. The van der Waals surface area contributed by atoms with Crippen LogP contribution in [-0.4, -0.2) is 29.4 Å². The molecular formula is C16H17N3OS2. The summed E-state index contributed by atoms with van der Waals surface area (Å²) in [5.41, 5.74) is 7.21. The van der Waals surface area contributed by atoms with E-state index in [2.05, 4.69) is 22.5 Å². The van der Waals surface area contributed by atoms with Crippen LogP contribution in [0.3, 0.4) is 0 Å². The molecule has 2 N–H and O–H groups in total. The molecule has 114 valence electrons. The van der Waals surface area contributed by atoms with E-state index in [-0.39, 0.29) is 5.91 Å². The molecule has 0 saturated heterocycles. The molecule has 0 aliphatic rings. The van der Waals surface area contributed by atoms with Crippen LogP contribution in [0.25, 0.3) is 10.1 Å². The largest absolute Gasteiger partial charge is 0.336 e. The summed E-state index contributed by atoms with van der Waals surface area (Å²) in [4.78, 5) is 18.5. The molecule has 4 nitrogen and oxygen atoms in total. The van der Waals surface area contributed by atoms with Crippen LogP contribution in [0.4, 0.5) is 0 Å². The SMILES string of the molecule is CN(Cc1csc2ccccc12)C(=O)c1csc(CCN)n1. The number of benzene rings is 1. The van der Waals surface area contributed by atoms with Crippen molar-refractivity contribution in [2.45, 2.75) is 13.0 Å². The lowest BCUT2D eigenvalue weighted by molar-refractivity contribution is 0.0780. The van der Waals surface area contributed by atoms with Gasteiger partial charge in [0.25, 0.3) is 5.91 Å². The average molecular weight is 331 g/mol. The molecule has 0 spiro atoms. The quantitative estimate of drug-likeness (QED) is 0.781. The van der Waals surface area contributed by atoms with Gasteiger partial charge in [-0.1, -0.05) is 18.2 Å². The first kappa shape index (κ1) is 15.1. The monoisotopic (exact) mass is 331 g/mol. The predicted octanol–water partition coefficient (Wildman–Crippen LogP) is 3.13. The Bertz CT molecular complexity index is 793. The number of fused-ring (bicyclic) bond motifs is 1. The second-order valence-electron chi connectivity index (χ2n) is 5.08. The third kappa shape index (κ3) is 3.04. The van der Waals surface area contributed by atoms with Crippen molar-refractivity contribution in [1.82, 2.24) is 9.88 Å². The van der Waals surface area contributed by atoms with Gasteiger partial charge in [0.1, 0.15) is 5.69 Å². The van der Waals surface area contributed by atoms with Gasteiger partial charge in [-0.3, -0.25) is 4.79 Å². The van der Waals surface area contributed by atoms with Gasteiger partial charge in [-0.05, 0) is 28.9 Å². The molecule has 22 heavy (non-hydrogen) atoms. The summed E-state index contributed by atoms with van der Waals surface area (Å²) >= 11 is 3.20. The van der Waals surface area contributed by atoms with Crippen molar-refractivity contribution in [3.05, 3.63) is 51.3 Å². The number of thiazole rings is 1. The zero-order valence-corrected chi connectivity index (χ0v) is 13.9. The first-order valence-electron chi connectivity index (χ1n) is 7.04. The van der Waals surface area contributed by atoms with Gasteiger partial charge in [-0.25, -0.2) is 4.98 Å². The van der Waals surface area contributed by atoms with E-state index in [1.807, 2.05) is 24.6 Å². The van der Waals surface area contributed by atoms with Gasteiger partial charge in [0.2, 0.25) is 0 Å². The molecule has 0 unspecified atom stereocenters. The van der Waals surface area contributed by atoms with E-state index in [1.54, 1.807) is 16.2 Å². The van der Waals surface area contributed by atoms with Crippen molar-refractivity contribution < 1.29 is 4.79 Å².